The number of nitrogens with zero attached hydrogens (tertiary/aromatic N) is 2. The third kappa shape index (κ3) is 2.92. The molecule has 1 aliphatic heterocycles. The van der Waals surface area contributed by atoms with E-state index in [4.69, 9.17) is 0 Å². The second-order valence-corrected chi connectivity index (χ2v) is 5.81. The van der Waals surface area contributed by atoms with E-state index in [0.717, 1.165) is 30.1 Å². The minimum atomic E-state index is -0.633. The standard InChI is InChI=1S/C13H15FN2O3S/c1-9-10(14)3-4-11(16(18)19)12(9)13(17)15-5-2-7-20-8-6-15/h3-4H,2,5-8H2,1H3. The number of benzene rings is 1. The molecule has 5 nitrogen and oxygen atoms in total. The summed E-state index contributed by atoms with van der Waals surface area (Å²) in [5, 5.41) is 11.0. The molecule has 7 heteroatoms. The number of carbonyl (C=O) groups is 1. The van der Waals surface area contributed by atoms with Crippen LogP contribution < -0.4 is 0 Å². The number of hydrogen-bond acceptors (Lipinski definition) is 4. The van der Waals surface area contributed by atoms with Crippen LogP contribution in [0.25, 0.3) is 0 Å². The molecule has 108 valence electrons. The Morgan fingerprint density at radius 2 is 2.15 bits per heavy atom. The summed E-state index contributed by atoms with van der Waals surface area (Å²) < 4.78 is 13.6. The van der Waals surface area contributed by atoms with Crippen LogP contribution in [-0.4, -0.2) is 40.3 Å². The van der Waals surface area contributed by atoms with Crippen LogP contribution in [0.2, 0.25) is 0 Å². The van der Waals surface area contributed by atoms with Crippen molar-refractivity contribution in [3.63, 3.8) is 0 Å². The van der Waals surface area contributed by atoms with Crippen LogP contribution in [0.3, 0.4) is 0 Å². The van der Waals surface area contributed by atoms with Crippen molar-refractivity contribution in [3.05, 3.63) is 39.2 Å². The van der Waals surface area contributed by atoms with Gasteiger partial charge in [0.05, 0.1) is 4.92 Å². The number of thioether (sulfide) groups is 1. The molecule has 1 aliphatic rings. The minimum Gasteiger partial charge on any atom is -0.338 e. The van der Waals surface area contributed by atoms with E-state index in [2.05, 4.69) is 0 Å². The molecule has 1 aromatic rings. The highest BCUT2D eigenvalue weighted by Crippen LogP contribution is 2.26. The molecule has 2 rings (SSSR count). The molecule has 1 aromatic carbocycles. The van der Waals surface area contributed by atoms with Gasteiger partial charge in [0, 0.05) is 30.5 Å². The first-order chi connectivity index (χ1) is 9.52. The molecule has 0 atom stereocenters. The normalized spacial score (nSPS) is 15.8. The van der Waals surface area contributed by atoms with Gasteiger partial charge < -0.3 is 4.90 Å². The van der Waals surface area contributed by atoms with Crippen molar-refractivity contribution in [2.75, 3.05) is 24.6 Å². The summed E-state index contributed by atoms with van der Waals surface area (Å²) in [4.78, 5) is 24.5. The SMILES string of the molecule is Cc1c(F)ccc([N+](=O)[O-])c1C(=O)N1CCCSCC1. The first kappa shape index (κ1) is 14.8. The molecule has 0 bridgehead atoms. The molecule has 0 spiro atoms. The van der Waals surface area contributed by atoms with Crippen molar-refractivity contribution in [1.29, 1.82) is 0 Å². The number of amides is 1. The van der Waals surface area contributed by atoms with Gasteiger partial charge in [-0.2, -0.15) is 11.8 Å². The molecule has 0 aromatic heterocycles. The zero-order chi connectivity index (χ0) is 14.7. The van der Waals surface area contributed by atoms with Gasteiger partial charge in [0.25, 0.3) is 11.6 Å². The molecule has 20 heavy (non-hydrogen) atoms. The quantitative estimate of drug-likeness (QED) is 0.622. The van der Waals surface area contributed by atoms with Crippen LogP contribution >= 0.6 is 11.8 Å². The highest BCUT2D eigenvalue weighted by Gasteiger charge is 2.28. The van der Waals surface area contributed by atoms with E-state index in [1.165, 1.54) is 6.92 Å². The lowest BCUT2D eigenvalue weighted by atomic mass is 10.0. The van der Waals surface area contributed by atoms with Crippen LogP contribution in [0.15, 0.2) is 12.1 Å². The maximum Gasteiger partial charge on any atom is 0.282 e. The van der Waals surface area contributed by atoms with Gasteiger partial charge >= 0.3 is 0 Å². The molecule has 1 saturated heterocycles. The lowest BCUT2D eigenvalue weighted by Crippen LogP contribution is -2.34. The van der Waals surface area contributed by atoms with E-state index in [9.17, 15) is 19.3 Å². The molecule has 0 N–H and O–H groups in total. The van der Waals surface area contributed by atoms with Crippen LogP contribution in [0.1, 0.15) is 22.3 Å². The van der Waals surface area contributed by atoms with Crippen molar-refractivity contribution in [1.82, 2.24) is 4.90 Å². The number of rotatable bonds is 2. The number of carbonyl (C=O) groups excluding carboxylic acids is 1. The highest BCUT2D eigenvalue weighted by atomic mass is 32.2. The second kappa shape index (κ2) is 6.21. The Kier molecular flexibility index (Phi) is 4.59. The molecular formula is C13H15FN2O3S. The third-order valence-electron chi connectivity index (χ3n) is 3.30. The van der Waals surface area contributed by atoms with Crippen molar-refractivity contribution < 1.29 is 14.1 Å². The van der Waals surface area contributed by atoms with Crippen molar-refractivity contribution in [2.45, 2.75) is 13.3 Å². The summed E-state index contributed by atoms with van der Waals surface area (Å²) in [6.07, 6.45) is 0.846. The maximum absolute atomic E-state index is 13.6. The van der Waals surface area contributed by atoms with Gasteiger partial charge in [-0.25, -0.2) is 4.39 Å². The summed E-state index contributed by atoms with van der Waals surface area (Å²) >= 11 is 1.75. The predicted octanol–water partition coefficient (Wildman–Crippen LogP) is 2.62. The number of nitro groups is 1. The van der Waals surface area contributed by atoms with Gasteiger partial charge in [0.2, 0.25) is 0 Å². The van der Waals surface area contributed by atoms with Gasteiger partial charge in [-0.3, -0.25) is 14.9 Å². The molecule has 1 fully saturated rings. The zero-order valence-corrected chi connectivity index (χ0v) is 11.9. The lowest BCUT2D eigenvalue weighted by Gasteiger charge is -2.21. The van der Waals surface area contributed by atoms with Crippen molar-refractivity contribution in [2.24, 2.45) is 0 Å². The number of halogens is 1. The largest absolute Gasteiger partial charge is 0.338 e. The van der Waals surface area contributed by atoms with E-state index in [1.807, 2.05) is 0 Å². The van der Waals surface area contributed by atoms with E-state index < -0.39 is 16.6 Å². The van der Waals surface area contributed by atoms with E-state index in [-0.39, 0.29) is 16.8 Å². The molecular weight excluding hydrogens is 283 g/mol. The number of nitro benzene ring substituents is 1. The lowest BCUT2D eigenvalue weighted by molar-refractivity contribution is -0.385. The Hall–Kier alpha value is -1.63. The second-order valence-electron chi connectivity index (χ2n) is 4.58. The summed E-state index contributed by atoms with van der Waals surface area (Å²) in [7, 11) is 0. The molecule has 0 aliphatic carbocycles. The topological polar surface area (TPSA) is 63.5 Å². The fourth-order valence-electron chi connectivity index (χ4n) is 2.20. The Morgan fingerprint density at radius 1 is 1.40 bits per heavy atom. The Bertz CT molecular complexity index is 543. The summed E-state index contributed by atoms with van der Waals surface area (Å²) in [6.45, 7) is 2.50. The molecule has 0 radical (unpaired) electrons. The summed E-state index contributed by atoms with van der Waals surface area (Å²) in [5.41, 5.74) is -0.409. The van der Waals surface area contributed by atoms with Gasteiger partial charge in [0.1, 0.15) is 11.4 Å². The van der Waals surface area contributed by atoms with E-state index in [1.54, 1.807) is 16.7 Å². The monoisotopic (exact) mass is 298 g/mol. The molecule has 0 saturated carbocycles. The first-order valence-electron chi connectivity index (χ1n) is 6.33. The van der Waals surface area contributed by atoms with Crippen LogP contribution in [0.4, 0.5) is 10.1 Å². The van der Waals surface area contributed by atoms with Gasteiger partial charge in [-0.1, -0.05) is 0 Å². The Labute approximate surface area is 120 Å². The summed E-state index contributed by atoms with van der Waals surface area (Å²) in [6, 6.07) is 2.09. The van der Waals surface area contributed by atoms with Crippen molar-refractivity contribution in [3.8, 4) is 0 Å². The smallest absolute Gasteiger partial charge is 0.282 e. The molecule has 1 heterocycles. The van der Waals surface area contributed by atoms with Gasteiger partial charge in [-0.15, -0.1) is 0 Å². The fourth-order valence-corrected chi connectivity index (χ4v) is 3.09. The Morgan fingerprint density at radius 3 is 2.85 bits per heavy atom. The minimum absolute atomic E-state index is 0.0427. The van der Waals surface area contributed by atoms with Gasteiger partial charge in [-0.05, 0) is 25.2 Å². The van der Waals surface area contributed by atoms with E-state index in [0.29, 0.717) is 13.1 Å². The number of hydrogen-bond donors (Lipinski definition) is 0. The van der Waals surface area contributed by atoms with Crippen LogP contribution in [-0.2, 0) is 0 Å². The maximum atomic E-state index is 13.6. The highest BCUT2D eigenvalue weighted by molar-refractivity contribution is 7.99. The van der Waals surface area contributed by atoms with E-state index >= 15 is 0 Å². The molecule has 1 amide bonds. The predicted molar refractivity (Wildman–Crippen MR) is 75.6 cm³/mol. The van der Waals surface area contributed by atoms with Crippen LogP contribution in [0.5, 0.6) is 0 Å². The summed E-state index contributed by atoms with van der Waals surface area (Å²) in [5.74, 6) is 0.724. The van der Waals surface area contributed by atoms with Crippen LogP contribution in [0, 0.1) is 22.9 Å². The average molecular weight is 298 g/mol. The third-order valence-corrected chi connectivity index (χ3v) is 4.35. The fraction of sp³-hybridized carbons (Fsp3) is 0.462. The molecule has 0 unspecified atom stereocenters. The zero-order valence-electron chi connectivity index (χ0n) is 11.1. The first-order valence-corrected chi connectivity index (χ1v) is 7.48. The van der Waals surface area contributed by atoms with Gasteiger partial charge in [0.15, 0.2) is 0 Å². The van der Waals surface area contributed by atoms with Crippen molar-refractivity contribution >= 4 is 23.4 Å². The Balaban J connectivity index is 2.41. The average Bonchev–Trinajstić information content (AvgIpc) is 2.69.